The van der Waals surface area contributed by atoms with E-state index in [0.717, 1.165) is 5.69 Å². The summed E-state index contributed by atoms with van der Waals surface area (Å²) in [4.78, 5) is 23.3. The van der Waals surface area contributed by atoms with Crippen molar-refractivity contribution in [3.05, 3.63) is 35.5 Å². The molecule has 1 aromatic heterocycles. The first-order valence-electron chi connectivity index (χ1n) is 7.03. The van der Waals surface area contributed by atoms with E-state index in [1.54, 1.807) is 36.0 Å². The van der Waals surface area contributed by atoms with Crippen molar-refractivity contribution in [2.24, 2.45) is 7.05 Å². The highest BCUT2D eigenvalue weighted by atomic mass is 16.5. The lowest BCUT2D eigenvalue weighted by Crippen LogP contribution is -2.21. The number of nitrogens with zero attached hydrogens (tertiary/aromatic N) is 2. The Morgan fingerprint density at radius 3 is 2.57 bits per heavy atom. The zero-order valence-electron chi connectivity index (χ0n) is 13.5. The average molecular weight is 317 g/mol. The summed E-state index contributed by atoms with van der Waals surface area (Å²) in [5, 5.41) is 6.86. The molecule has 2 rings (SSSR count). The van der Waals surface area contributed by atoms with Crippen LogP contribution in [0.5, 0.6) is 11.5 Å². The first-order chi connectivity index (χ1) is 10.9. The molecule has 122 valence electrons. The molecule has 0 unspecified atom stereocenters. The summed E-state index contributed by atoms with van der Waals surface area (Å²) in [6.07, 6.45) is 0. The minimum absolute atomic E-state index is 0.0702. The summed E-state index contributed by atoms with van der Waals surface area (Å²) in [6.45, 7) is 3.13. The van der Waals surface area contributed by atoms with Gasteiger partial charge < -0.3 is 14.8 Å². The Morgan fingerprint density at radius 1 is 1.26 bits per heavy atom. The number of hydrogen-bond donors (Lipinski definition) is 1. The van der Waals surface area contributed by atoms with Crippen molar-refractivity contribution in [1.82, 2.24) is 9.78 Å². The van der Waals surface area contributed by atoms with E-state index in [4.69, 9.17) is 9.47 Å². The number of nitrogens with one attached hydrogen (secondary N) is 1. The Bertz CT molecular complexity index is 737. The molecule has 0 aliphatic carbocycles. The van der Waals surface area contributed by atoms with Crippen LogP contribution in [0.15, 0.2) is 24.3 Å². The smallest absolute Gasteiger partial charge is 0.263 e. The van der Waals surface area contributed by atoms with Crippen LogP contribution in [-0.2, 0) is 11.8 Å². The van der Waals surface area contributed by atoms with Crippen LogP contribution in [0.4, 0.5) is 5.82 Å². The fourth-order valence-electron chi connectivity index (χ4n) is 2.06. The van der Waals surface area contributed by atoms with Gasteiger partial charge in [0.15, 0.2) is 23.9 Å². The van der Waals surface area contributed by atoms with E-state index >= 15 is 0 Å². The first kappa shape index (κ1) is 16.5. The molecular weight excluding hydrogens is 298 g/mol. The number of carbonyl (C=O) groups is 2. The lowest BCUT2D eigenvalue weighted by molar-refractivity contribution is -0.118. The summed E-state index contributed by atoms with van der Waals surface area (Å²) < 4.78 is 12.2. The second-order valence-electron chi connectivity index (χ2n) is 5.05. The number of methoxy groups -OCH3 is 1. The van der Waals surface area contributed by atoms with Gasteiger partial charge in [-0.1, -0.05) is 0 Å². The monoisotopic (exact) mass is 317 g/mol. The second kappa shape index (κ2) is 6.95. The molecule has 0 aliphatic rings. The second-order valence-corrected chi connectivity index (χ2v) is 5.05. The molecule has 0 bridgehead atoms. The van der Waals surface area contributed by atoms with Crippen LogP contribution in [0.3, 0.4) is 0 Å². The molecule has 2 aromatic rings. The number of rotatable bonds is 6. The predicted molar refractivity (Wildman–Crippen MR) is 85.1 cm³/mol. The van der Waals surface area contributed by atoms with Crippen LogP contribution in [0.1, 0.15) is 23.0 Å². The third-order valence-electron chi connectivity index (χ3n) is 3.20. The number of benzene rings is 1. The van der Waals surface area contributed by atoms with E-state index < -0.39 is 0 Å². The van der Waals surface area contributed by atoms with E-state index in [0.29, 0.717) is 22.9 Å². The SMILES string of the molecule is COc1cc(C(C)=O)ccc1OCC(=O)Nc1cc(C)nn1C. The molecule has 1 aromatic carbocycles. The van der Waals surface area contributed by atoms with Gasteiger partial charge in [0.25, 0.3) is 5.91 Å². The fourth-order valence-corrected chi connectivity index (χ4v) is 2.06. The minimum atomic E-state index is -0.314. The van der Waals surface area contributed by atoms with Gasteiger partial charge in [0.2, 0.25) is 0 Å². The Kier molecular flexibility index (Phi) is 5.00. The molecule has 7 heteroatoms. The lowest BCUT2D eigenvalue weighted by Gasteiger charge is -2.11. The van der Waals surface area contributed by atoms with Gasteiger partial charge in [-0.15, -0.1) is 0 Å². The van der Waals surface area contributed by atoms with E-state index in [1.807, 2.05) is 6.92 Å². The molecule has 0 spiro atoms. The molecular formula is C16H19N3O4. The topological polar surface area (TPSA) is 82.4 Å². The van der Waals surface area contributed by atoms with Gasteiger partial charge in [-0.3, -0.25) is 14.3 Å². The standard InChI is InChI=1S/C16H19N3O4/c1-10-7-15(19(3)18-10)17-16(21)9-23-13-6-5-12(11(2)20)8-14(13)22-4/h5-8H,9H2,1-4H3,(H,17,21). The summed E-state index contributed by atoms with van der Waals surface area (Å²) in [7, 11) is 3.22. The highest BCUT2D eigenvalue weighted by Gasteiger charge is 2.12. The highest BCUT2D eigenvalue weighted by molar-refractivity contribution is 5.94. The Labute approximate surface area is 134 Å². The van der Waals surface area contributed by atoms with Crippen molar-refractivity contribution in [1.29, 1.82) is 0 Å². The maximum atomic E-state index is 11.9. The maximum Gasteiger partial charge on any atom is 0.263 e. The molecule has 0 aliphatic heterocycles. The molecule has 1 amide bonds. The number of amides is 1. The lowest BCUT2D eigenvalue weighted by atomic mass is 10.1. The minimum Gasteiger partial charge on any atom is -0.493 e. The number of ketones is 1. The number of hydrogen-bond acceptors (Lipinski definition) is 5. The van der Waals surface area contributed by atoms with Crippen molar-refractivity contribution in [2.45, 2.75) is 13.8 Å². The summed E-state index contributed by atoms with van der Waals surface area (Å²) in [6, 6.07) is 6.58. The third-order valence-corrected chi connectivity index (χ3v) is 3.20. The van der Waals surface area contributed by atoms with Gasteiger partial charge in [0.1, 0.15) is 5.82 Å². The van der Waals surface area contributed by atoms with Crippen molar-refractivity contribution in [3.8, 4) is 11.5 Å². The number of aromatic nitrogens is 2. The summed E-state index contributed by atoms with van der Waals surface area (Å²) in [5.74, 6) is 1.01. The van der Waals surface area contributed by atoms with E-state index in [9.17, 15) is 9.59 Å². The normalized spacial score (nSPS) is 10.3. The van der Waals surface area contributed by atoms with Crippen LogP contribution in [-0.4, -0.2) is 35.2 Å². The first-order valence-corrected chi connectivity index (χ1v) is 7.03. The van der Waals surface area contributed by atoms with Crippen molar-refractivity contribution < 1.29 is 19.1 Å². The summed E-state index contributed by atoms with van der Waals surface area (Å²) in [5.41, 5.74) is 1.33. The fraction of sp³-hybridized carbons (Fsp3) is 0.312. The summed E-state index contributed by atoms with van der Waals surface area (Å²) >= 11 is 0. The maximum absolute atomic E-state index is 11.9. The molecule has 0 fully saturated rings. The number of ether oxygens (including phenoxy) is 2. The van der Waals surface area contributed by atoms with Crippen molar-refractivity contribution >= 4 is 17.5 Å². The molecule has 0 saturated carbocycles. The van der Waals surface area contributed by atoms with Gasteiger partial charge in [0, 0.05) is 18.7 Å². The van der Waals surface area contributed by atoms with E-state index in [-0.39, 0.29) is 18.3 Å². The highest BCUT2D eigenvalue weighted by Crippen LogP contribution is 2.28. The van der Waals surface area contributed by atoms with Gasteiger partial charge in [-0.25, -0.2) is 0 Å². The quantitative estimate of drug-likeness (QED) is 0.824. The van der Waals surface area contributed by atoms with Gasteiger partial charge >= 0.3 is 0 Å². The van der Waals surface area contributed by atoms with Gasteiger partial charge in [-0.05, 0) is 32.0 Å². The van der Waals surface area contributed by atoms with Crippen LogP contribution in [0.2, 0.25) is 0 Å². The van der Waals surface area contributed by atoms with E-state index in [2.05, 4.69) is 10.4 Å². The number of Topliss-reactive ketones (excluding diaryl/α,β-unsaturated/α-hetero) is 1. The molecule has 0 atom stereocenters. The Hall–Kier alpha value is -2.83. The third kappa shape index (κ3) is 4.09. The number of aryl methyl sites for hydroxylation is 2. The molecule has 23 heavy (non-hydrogen) atoms. The van der Waals surface area contributed by atoms with Crippen LogP contribution < -0.4 is 14.8 Å². The van der Waals surface area contributed by atoms with Crippen molar-refractivity contribution in [2.75, 3.05) is 19.0 Å². The van der Waals surface area contributed by atoms with E-state index in [1.165, 1.54) is 14.0 Å². The van der Waals surface area contributed by atoms with Crippen LogP contribution in [0, 0.1) is 6.92 Å². The molecule has 0 radical (unpaired) electrons. The van der Waals surface area contributed by atoms with Crippen molar-refractivity contribution in [3.63, 3.8) is 0 Å². The number of carbonyl (C=O) groups excluding carboxylic acids is 2. The van der Waals surface area contributed by atoms with Gasteiger partial charge in [-0.2, -0.15) is 5.10 Å². The Balaban J connectivity index is 2.01. The van der Waals surface area contributed by atoms with Crippen LogP contribution in [0.25, 0.3) is 0 Å². The molecule has 1 N–H and O–H groups in total. The zero-order valence-corrected chi connectivity index (χ0v) is 13.5. The molecule has 7 nitrogen and oxygen atoms in total. The van der Waals surface area contributed by atoms with Gasteiger partial charge in [0.05, 0.1) is 12.8 Å². The molecule has 0 saturated heterocycles. The number of anilines is 1. The zero-order chi connectivity index (χ0) is 17.0. The average Bonchev–Trinajstić information content (AvgIpc) is 2.82. The molecule has 1 heterocycles. The van der Waals surface area contributed by atoms with Crippen LogP contribution >= 0.6 is 0 Å². The Morgan fingerprint density at radius 2 is 2.00 bits per heavy atom. The predicted octanol–water partition coefficient (Wildman–Crippen LogP) is 1.96. The largest absolute Gasteiger partial charge is 0.493 e.